The minimum absolute atomic E-state index is 0.0987. The molecule has 1 aliphatic heterocycles. The van der Waals surface area contributed by atoms with Crippen LogP contribution in [0.25, 0.3) is 0 Å². The van der Waals surface area contributed by atoms with Gasteiger partial charge in [0.25, 0.3) is 5.91 Å². The lowest BCUT2D eigenvalue weighted by molar-refractivity contribution is -0.123. The van der Waals surface area contributed by atoms with Gasteiger partial charge in [-0.3, -0.25) is 4.79 Å². The van der Waals surface area contributed by atoms with Gasteiger partial charge in [0.05, 0.1) is 0 Å². The number of anilines is 1. The van der Waals surface area contributed by atoms with E-state index in [1.54, 1.807) is 4.90 Å². The normalized spacial score (nSPS) is 14.2. The first-order valence-corrected chi connectivity index (χ1v) is 8.10. The molecule has 0 bridgehead atoms. The maximum atomic E-state index is 12.4. The van der Waals surface area contributed by atoms with Crippen molar-refractivity contribution in [1.82, 2.24) is 0 Å². The van der Waals surface area contributed by atoms with E-state index in [0.29, 0.717) is 18.8 Å². The third-order valence-corrected chi connectivity index (χ3v) is 4.01. The quantitative estimate of drug-likeness (QED) is 0.522. The summed E-state index contributed by atoms with van der Waals surface area (Å²) in [6.45, 7) is 0.603. The van der Waals surface area contributed by atoms with Crippen molar-refractivity contribution in [1.29, 1.82) is 0 Å². The zero-order valence-corrected chi connectivity index (χ0v) is 13.5. The molecule has 1 aliphatic rings. The third-order valence-electron chi connectivity index (χ3n) is 4.01. The molecule has 0 saturated carbocycles. The minimum atomic E-state index is -0.107. The lowest BCUT2D eigenvalue weighted by atomic mass is 10.0. The summed E-state index contributed by atoms with van der Waals surface area (Å²) in [5.74, 6) is 0.256. The first-order chi connectivity index (χ1) is 11.7. The average molecular weight is 323 g/mol. The summed E-state index contributed by atoms with van der Waals surface area (Å²) >= 11 is 0. The molecule has 5 nitrogen and oxygen atoms in total. The first kappa shape index (κ1) is 16.1. The van der Waals surface area contributed by atoms with Crippen LogP contribution in [-0.2, 0) is 22.5 Å². The first-order valence-electron chi connectivity index (χ1n) is 8.10. The molecular weight excluding hydrogens is 302 g/mol. The Bertz CT molecular complexity index is 728. The topological polar surface area (TPSA) is 67.9 Å². The van der Waals surface area contributed by atoms with E-state index in [9.17, 15) is 4.79 Å². The van der Waals surface area contributed by atoms with Crippen LogP contribution in [0.15, 0.2) is 59.8 Å². The van der Waals surface area contributed by atoms with E-state index in [-0.39, 0.29) is 12.5 Å². The van der Waals surface area contributed by atoms with Gasteiger partial charge < -0.3 is 15.5 Å². The predicted octanol–water partition coefficient (Wildman–Crippen LogP) is 2.50. The predicted molar refractivity (Wildman–Crippen MR) is 94.8 cm³/mol. The fourth-order valence-electron chi connectivity index (χ4n) is 2.88. The van der Waals surface area contributed by atoms with E-state index in [4.69, 9.17) is 10.6 Å². The Kier molecular flexibility index (Phi) is 5.11. The molecule has 0 spiro atoms. The van der Waals surface area contributed by atoms with Crippen LogP contribution < -0.4 is 10.6 Å². The maximum Gasteiger partial charge on any atom is 0.267 e. The molecule has 2 N–H and O–H groups in total. The summed E-state index contributed by atoms with van der Waals surface area (Å²) in [4.78, 5) is 19.3. The van der Waals surface area contributed by atoms with Crippen molar-refractivity contribution >= 4 is 17.4 Å². The van der Waals surface area contributed by atoms with Gasteiger partial charge in [-0.15, -0.1) is 0 Å². The van der Waals surface area contributed by atoms with Crippen LogP contribution in [0.4, 0.5) is 5.69 Å². The molecule has 0 fully saturated rings. The van der Waals surface area contributed by atoms with E-state index < -0.39 is 0 Å². The van der Waals surface area contributed by atoms with Gasteiger partial charge in [-0.25, -0.2) is 0 Å². The van der Waals surface area contributed by atoms with E-state index in [1.165, 1.54) is 5.56 Å². The van der Waals surface area contributed by atoms with E-state index >= 15 is 0 Å². The molecule has 0 unspecified atom stereocenters. The van der Waals surface area contributed by atoms with Crippen molar-refractivity contribution in [3.8, 4) is 0 Å². The second kappa shape index (κ2) is 7.64. The van der Waals surface area contributed by atoms with Crippen LogP contribution in [0.1, 0.15) is 17.5 Å². The smallest absolute Gasteiger partial charge is 0.267 e. The number of fused-ring (bicyclic) bond motifs is 1. The van der Waals surface area contributed by atoms with Gasteiger partial charge in [0.1, 0.15) is 5.84 Å². The van der Waals surface area contributed by atoms with Gasteiger partial charge in [-0.2, -0.15) is 0 Å². The Balaban J connectivity index is 1.55. The lowest BCUT2D eigenvalue weighted by Gasteiger charge is -2.28. The summed E-state index contributed by atoms with van der Waals surface area (Å²) < 4.78 is 0. The van der Waals surface area contributed by atoms with Crippen LogP contribution in [0, 0.1) is 0 Å². The third kappa shape index (κ3) is 3.93. The number of para-hydroxylation sites is 1. The molecule has 0 atom stereocenters. The zero-order valence-electron chi connectivity index (χ0n) is 13.5. The molecule has 0 radical (unpaired) electrons. The summed E-state index contributed by atoms with van der Waals surface area (Å²) in [6, 6.07) is 17.8. The molecular formula is C19H21N3O2. The summed E-state index contributed by atoms with van der Waals surface area (Å²) in [5.41, 5.74) is 9.07. The number of aryl methyl sites for hydroxylation is 1. The number of amidine groups is 1. The number of nitrogens with two attached hydrogens (primary N) is 1. The van der Waals surface area contributed by atoms with Crippen LogP contribution in [0.5, 0.6) is 0 Å². The van der Waals surface area contributed by atoms with Crippen LogP contribution in [-0.4, -0.2) is 24.9 Å². The number of hydrogen-bond acceptors (Lipinski definition) is 3. The monoisotopic (exact) mass is 323 g/mol. The number of hydrogen-bond donors (Lipinski definition) is 1. The Morgan fingerprint density at radius 2 is 1.88 bits per heavy atom. The van der Waals surface area contributed by atoms with Crippen molar-refractivity contribution in [2.24, 2.45) is 10.9 Å². The van der Waals surface area contributed by atoms with Gasteiger partial charge in [-0.05, 0) is 30.0 Å². The molecule has 0 aromatic heterocycles. The average Bonchev–Trinajstić information content (AvgIpc) is 2.62. The highest BCUT2D eigenvalue weighted by Gasteiger charge is 2.22. The van der Waals surface area contributed by atoms with Crippen molar-refractivity contribution in [3.63, 3.8) is 0 Å². The van der Waals surface area contributed by atoms with E-state index in [1.807, 2.05) is 48.5 Å². The summed E-state index contributed by atoms with van der Waals surface area (Å²) in [6.07, 6.45) is 2.47. The molecule has 2 aromatic rings. The lowest BCUT2D eigenvalue weighted by Crippen LogP contribution is -2.37. The van der Waals surface area contributed by atoms with E-state index in [2.05, 4.69) is 11.2 Å². The Labute approximate surface area is 141 Å². The molecule has 24 heavy (non-hydrogen) atoms. The molecule has 0 aliphatic carbocycles. The van der Waals surface area contributed by atoms with Crippen molar-refractivity contribution < 1.29 is 9.63 Å². The molecule has 1 amide bonds. The molecule has 1 heterocycles. The van der Waals surface area contributed by atoms with E-state index in [0.717, 1.165) is 24.1 Å². The number of carbonyl (C=O) groups is 1. The highest BCUT2D eigenvalue weighted by Crippen LogP contribution is 2.26. The summed E-state index contributed by atoms with van der Waals surface area (Å²) in [5, 5.41) is 3.86. The van der Waals surface area contributed by atoms with Gasteiger partial charge in [0.15, 0.2) is 6.61 Å². The molecule has 2 aromatic carbocycles. The van der Waals surface area contributed by atoms with Gasteiger partial charge in [-0.1, -0.05) is 53.7 Å². The maximum absolute atomic E-state index is 12.4. The second-order valence-corrected chi connectivity index (χ2v) is 5.80. The van der Waals surface area contributed by atoms with Crippen LogP contribution >= 0.6 is 0 Å². The number of amides is 1. The minimum Gasteiger partial charge on any atom is -0.384 e. The van der Waals surface area contributed by atoms with Crippen LogP contribution in [0.2, 0.25) is 0 Å². The fraction of sp³-hybridized carbons (Fsp3) is 0.263. The van der Waals surface area contributed by atoms with Gasteiger partial charge in [0.2, 0.25) is 0 Å². The Morgan fingerprint density at radius 1 is 1.12 bits per heavy atom. The van der Waals surface area contributed by atoms with Crippen molar-refractivity contribution in [3.05, 3.63) is 65.7 Å². The zero-order chi connectivity index (χ0) is 16.8. The van der Waals surface area contributed by atoms with Gasteiger partial charge in [0, 0.05) is 18.7 Å². The SMILES string of the molecule is N/C(Cc1ccccc1)=N\OCC(=O)N1CCCc2ccccc21. The second-order valence-electron chi connectivity index (χ2n) is 5.80. The molecule has 5 heteroatoms. The molecule has 3 rings (SSSR count). The van der Waals surface area contributed by atoms with Crippen molar-refractivity contribution in [2.75, 3.05) is 18.1 Å². The number of benzene rings is 2. The Hall–Kier alpha value is -2.82. The van der Waals surface area contributed by atoms with Crippen LogP contribution in [0.3, 0.4) is 0 Å². The van der Waals surface area contributed by atoms with Gasteiger partial charge >= 0.3 is 0 Å². The fourth-order valence-corrected chi connectivity index (χ4v) is 2.88. The number of nitrogens with zero attached hydrogens (tertiary/aromatic N) is 2. The molecule has 0 saturated heterocycles. The standard InChI is InChI=1S/C19H21N3O2/c20-18(13-15-7-2-1-3-8-15)21-24-14-19(23)22-12-6-10-16-9-4-5-11-17(16)22/h1-5,7-9,11H,6,10,12-14H2,(H2,20,21). The number of rotatable bonds is 5. The molecule has 124 valence electrons. The highest BCUT2D eigenvalue weighted by molar-refractivity contribution is 5.95. The highest BCUT2D eigenvalue weighted by atomic mass is 16.6. The number of oxime groups is 1. The number of carbonyl (C=O) groups excluding carboxylic acids is 1. The van der Waals surface area contributed by atoms with Crippen molar-refractivity contribution in [2.45, 2.75) is 19.3 Å². The summed E-state index contributed by atoms with van der Waals surface area (Å²) in [7, 11) is 0. The largest absolute Gasteiger partial charge is 0.384 e. The Morgan fingerprint density at radius 3 is 2.71 bits per heavy atom.